The van der Waals surface area contributed by atoms with Crippen molar-refractivity contribution in [1.29, 1.82) is 0 Å². The number of aryl methyl sites for hydroxylation is 1. The fraction of sp³-hybridized carbons (Fsp3) is 0.417. The highest BCUT2D eigenvalue weighted by molar-refractivity contribution is 5.88. The first-order valence-corrected chi connectivity index (χ1v) is 5.94. The molecule has 1 aliphatic heterocycles. The summed E-state index contributed by atoms with van der Waals surface area (Å²) >= 11 is 0. The van der Waals surface area contributed by atoms with Crippen LogP contribution in [0.2, 0.25) is 0 Å². The van der Waals surface area contributed by atoms with Gasteiger partial charge in [0, 0.05) is 19.3 Å². The van der Waals surface area contributed by atoms with Crippen molar-refractivity contribution < 1.29 is 9.90 Å². The van der Waals surface area contributed by atoms with Crippen LogP contribution < -0.4 is 4.90 Å². The Balaban J connectivity index is 1.99. The van der Waals surface area contributed by atoms with Gasteiger partial charge in [-0.2, -0.15) is 0 Å². The molecule has 0 amide bonds. The van der Waals surface area contributed by atoms with Crippen LogP contribution in [-0.4, -0.2) is 39.1 Å². The van der Waals surface area contributed by atoms with Crippen molar-refractivity contribution in [3.63, 3.8) is 0 Å². The highest BCUT2D eigenvalue weighted by Gasteiger charge is 2.29. The Morgan fingerprint density at radius 3 is 3.11 bits per heavy atom. The zero-order valence-corrected chi connectivity index (χ0v) is 10.1. The molecule has 1 unspecified atom stereocenters. The Labute approximate surface area is 104 Å². The van der Waals surface area contributed by atoms with Gasteiger partial charge < -0.3 is 15.0 Å². The van der Waals surface area contributed by atoms with Crippen LogP contribution in [0.15, 0.2) is 12.3 Å². The lowest BCUT2D eigenvalue weighted by Crippen LogP contribution is -2.24. The molecular weight excluding hydrogens is 232 g/mol. The van der Waals surface area contributed by atoms with E-state index in [0.717, 1.165) is 23.4 Å². The Kier molecular flexibility index (Phi) is 2.43. The summed E-state index contributed by atoms with van der Waals surface area (Å²) in [6.45, 7) is 3.09. The third-order valence-corrected chi connectivity index (χ3v) is 3.34. The monoisotopic (exact) mass is 246 g/mol. The van der Waals surface area contributed by atoms with Crippen LogP contribution >= 0.6 is 0 Å². The van der Waals surface area contributed by atoms with Gasteiger partial charge in [0.1, 0.15) is 17.3 Å². The van der Waals surface area contributed by atoms with Crippen molar-refractivity contribution in [3.05, 3.63) is 18.1 Å². The molecule has 1 aliphatic rings. The number of hydrogen-bond acceptors (Lipinski definition) is 4. The molecule has 18 heavy (non-hydrogen) atoms. The molecule has 2 aromatic rings. The van der Waals surface area contributed by atoms with Crippen molar-refractivity contribution in [2.75, 3.05) is 18.0 Å². The minimum Gasteiger partial charge on any atom is -0.481 e. The van der Waals surface area contributed by atoms with Gasteiger partial charge in [-0.1, -0.05) is 0 Å². The van der Waals surface area contributed by atoms with Crippen LogP contribution in [0.3, 0.4) is 0 Å². The first kappa shape index (κ1) is 11.0. The molecule has 0 bridgehead atoms. The first-order chi connectivity index (χ1) is 8.65. The Morgan fingerprint density at radius 2 is 2.39 bits per heavy atom. The molecule has 0 aliphatic carbocycles. The lowest BCUT2D eigenvalue weighted by molar-refractivity contribution is -0.140. The molecular formula is C12H14N4O2. The fourth-order valence-corrected chi connectivity index (χ4v) is 2.43. The average molecular weight is 246 g/mol. The van der Waals surface area contributed by atoms with E-state index in [1.54, 1.807) is 0 Å². The van der Waals surface area contributed by atoms with Crippen molar-refractivity contribution in [1.82, 2.24) is 15.0 Å². The minimum absolute atomic E-state index is 0.297. The lowest BCUT2D eigenvalue weighted by atomic mass is 10.1. The fourth-order valence-electron chi connectivity index (χ4n) is 2.43. The lowest BCUT2D eigenvalue weighted by Gasteiger charge is -2.18. The Hall–Kier alpha value is -2.11. The SMILES string of the molecule is Cc1nc(N2CCC(C(=O)O)C2)c2cc[nH]c2n1. The summed E-state index contributed by atoms with van der Waals surface area (Å²) in [6, 6.07) is 1.93. The topological polar surface area (TPSA) is 82.1 Å². The minimum atomic E-state index is -0.728. The molecule has 94 valence electrons. The van der Waals surface area contributed by atoms with Gasteiger partial charge >= 0.3 is 5.97 Å². The molecule has 6 nitrogen and oxygen atoms in total. The van der Waals surface area contributed by atoms with Crippen LogP contribution in [0.4, 0.5) is 5.82 Å². The van der Waals surface area contributed by atoms with Crippen LogP contribution in [0, 0.1) is 12.8 Å². The number of hydrogen-bond donors (Lipinski definition) is 2. The summed E-state index contributed by atoms with van der Waals surface area (Å²) in [6.07, 6.45) is 2.50. The molecule has 0 saturated carbocycles. The van der Waals surface area contributed by atoms with Crippen molar-refractivity contribution >= 4 is 22.8 Å². The Morgan fingerprint density at radius 1 is 1.56 bits per heavy atom. The van der Waals surface area contributed by atoms with Gasteiger partial charge in [-0.15, -0.1) is 0 Å². The molecule has 2 N–H and O–H groups in total. The number of anilines is 1. The van der Waals surface area contributed by atoms with E-state index in [9.17, 15) is 4.79 Å². The van der Waals surface area contributed by atoms with E-state index in [-0.39, 0.29) is 5.92 Å². The maximum absolute atomic E-state index is 11.0. The van der Waals surface area contributed by atoms with E-state index in [4.69, 9.17) is 5.11 Å². The summed E-state index contributed by atoms with van der Waals surface area (Å²) in [5, 5.41) is 9.99. The maximum Gasteiger partial charge on any atom is 0.308 e. The highest BCUT2D eigenvalue weighted by atomic mass is 16.4. The molecule has 0 radical (unpaired) electrons. The summed E-state index contributed by atoms with van der Waals surface area (Å²) in [7, 11) is 0. The van der Waals surface area contributed by atoms with E-state index < -0.39 is 5.97 Å². The Bertz CT molecular complexity index is 607. The molecule has 6 heteroatoms. The van der Waals surface area contributed by atoms with Crippen molar-refractivity contribution in [2.24, 2.45) is 5.92 Å². The standard InChI is InChI=1S/C12H14N4O2/c1-7-14-10-9(2-4-13-10)11(15-7)16-5-3-8(6-16)12(17)18/h2,4,8H,3,5-6H2,1H3,(H,17,18)(H,13,14,15). The number of carboxylic acid groups (broad SMARTS) is 1. The number of fused-ring (bicyclic) bond motifs is 1. The second kappa shape index (κ2) is 3.97. The molecule has 2 aromatic heterocycles. The third kappa shape index (κ3) is 1.70. The number of nitrogens with one attached hydrogen (secondary N) is 1. The largest absolute Gasteiger partial charge is 0.481 e. The summed E-state index contributed by atoms with van der Waals surface area (Å²) in [4.78, 5) is 24.9. The molecule has 1 saturated heterocycles. The van der Waals surface area contributed by atoms with Crippen LogP contribution in [0.5, 0.6) is 0 Å². The number of aliphatic carboxylic acids is 1. The second-order valence-corrected chi connectivity index (χ2v) is 4.60. The number of aromatic nitrogens is 3. The normalized spacial score (nSPS) is 19.6. The van der Waals surface area contributed by atoms with Gasteiger partial charge in [0.05, 0.1) is 11.3 Å². The number of nitrogens with zero attached hydrogens (tertiary/aromatic N) is 3. The van der Waals surface area contributed by atoms with Gasteiger partial charge in [0.25, 0.3) is 0 Å². The predicted octanol–water partition coefficient (Wildman–Crippen LogP) is 1.18. The van der Waals surface area contributed by atoms with Gasteiger partial charge in [0.15, 0.2) is 0 Å². The molecule has 1 atom stereocenters. The van der Waals surface area contributed by atoms with Crippen molar-refractivity contribution in [2.45, 2.75) is 13.3 Å². The summed E-state index contributed by atoms with van der Waals surface area (Å²) in [5.74, 6) is 0.504. The number of carbonyl (C=O) groups is 1. The van der Waals surface area contributed by atoms with Gasteiger partial charge in [0.2, 0.25) is 0 Å². The summed E-state index contributed by atoms with van der Waals surface area (Å²) in [5.41, 5.74) is 0.802. The number of carboxylic acids is 1. The molecule has 3 heterocycles. The molecule has 1 fully saturated rings. The van der Waals surface area contributed by atoms with E-state index >= 15 is 0 Å². The smallest absolute Gasteiger partial charge is 0.308 e. The van der Waals surface area contributed by atoms with E-state index in [1.165, 1.54) is 0 Å². The quantitative estimate of drug-likeness (QED) is 0.831. The number of H-pyrrole nitrogens is 1. The average Bonchev–Trinajstić information content (AvgIpc) is 2.95. The van der Waals surface area contributed by atoms with Gasteiger partial charge in [-0.05, 0) is 19.4 Å². The molecule has 0 aromatic carbocycles. The number of rotatable bonds is 2. The highest BCUT2D eigenvalue weighted by Crippen LogP contribution is 2.28. The van der Waals surface area contributed by atoms with Crippen LogP contribution in [0.25, 0.3) is 11.0 Å². The van der Waals surface area contributed by atoms with Gasteiger partial charge in [-0.25, -0.2) is 9.97 Å². The molecule has 0 spiro atoms. The maximum atomic E-state index is 11.0. The summed E-state index contributed by atoms with van der Waals surface area (Å²) < 4.78 is 0. The van der Waals surface area contributed by atoms with Crippen LogP contribution in [0.1, 0.15) is 12.2 Å². The van der Waals surface area contributed by atoms with Crippen LogP contribution in [-0.2, 0) is 4.79 Å². The van der Waals surface area contributed by atoms with Crippen molar-refractivity contribution in [3.8, 4) is 0 Å². The van der Waals surface area contributed by atoms with E-state index in [1.807, 2.05) is 24.1 Å². The zero-order valence-electron chi connectivity index (χ0n) is 10.1. The number of aromatic amines is 1. The third-order valence-electron chi connectivity index (χ3n) is 3.34. The van der Waals surface area contributed by atoms with E-state index in [2.05, 4.69) is 15.0 Å². The second-order valence-electron chi connectivity index (χ2n) is 4.60. The zero-order chi connectivity index (χ0) is 12.7. The van der Waals surface area contributed by atoms with E-state index in [0.29, 0.717) is 18.8 Å². The predicted molar refractivity (Wildman–Crippen MR) is 66.6 cm³/mol. The van der Waals surface area contributed by atoms with Gasteiger partial charge in [-0.3, -0.25) is 4.79 Å². The first-order valence-electron chi connectivity index (χ1n) is 5.94. The molecule has 3 rings (SSSR count).